The van der Waals surface area contributed by atoms with Crippen LogP contribution in [-0.4, -0.2) is 64.2 Å². The Kier molecular flexibility index (Phi) is 3.81. The molecule has 17 heavy (non-hydrogen) atoms. The Labute approximate surface area is 103 Å². The Morgan fingerprint density at radius 2 is 2.12 bits per heavy atom. The van der Waals surface area contributed by atoms with Crippen molar-refractivity contribution < 1.29 is 5.11 Å². The van der Waals surface area contributed by atoms with Gasteiger partial charge in [-0.2, -0.15) is 0 Å². The molecule has 1 aromatic rings. The van der Waals surface area contributed by atoms with E-state index in [9.17, 15) is 5.11 Å². The van der Waals surface area contributed by atoms with Crippen LogP contribution >= 0.6 is 0 Å². The van der Waals surface area contributed by atoms with Gasteiger partial charge in [-0.25, -0.2) is 4.98 Å². The van der Waals surface area contributed by atoms with E-state index in [1.165, 1.54) is 0 Å². The summed E-state index contributed by atoms with van der Waals surface area (Å²) in [7, 11) is 6.11. The third kappa shape index (κ3) is 2.68. The van der Waals surface area contributed by atoms with Crippen LogP contribution in [0.5, 0.6) is 0 Å². The zero-order valence-corrected chi connectivity index (χ0v) is 10.9. The number of aliphatic hydroxyl groups is 1. The number of hydrogen-bond donors (Lipinski definition) is 1. The number of aliphatic hydroxyl groups excluding tert-OH is 1. The van der Waals surface area contributed by atoms with Crippen LogP contribution in [0.15, 0.2) is 12.4 Å². The van der Waals surface area contributed by atoms with Gasteiger partial charge < -0.3 is 14.6 Å². The van der Waals surface area contributed by atoms with Crippen LogP contribution in [0.3, 0.4) is 0 Å². The number of likely N-dealkylation sites (N-methyl/N-ethyl adjacent to an activating group) is 2. The second kappa shape index (κ2) is 5.16. The minimum Gasteiger partial charge on any atom is -0.383 e. The van der Waals surface area contributed by atoms with Crippen LogP contribution in [0.1, 0.15) is 18.3 Å². The summed E-state index contributed by atoms with van der Waals surface area (Å²) < 4.78 is 1.89. The van der Waals surface area contributed by atoms with Gasteiger partial charge in [-0.05, 0) is 33.6 Å². The first-order chi connectivity index (χ1) is 8.09. The molecule has 2 rings (SSSR count). The molecule has 5 heteroatoms. The SMILES string of the molecule is CN1CCCN(C)C(C(O)c2nccn2C)C1. The number of aryl methyl sites for hydroxylation is 1. The van der Waals surface area contributed by atoms with E-state index >= 15 is 0 Å². The van der Waals surface area contributed by atoms with E-state index in [0.29, 0.717) is 0 Å². The van der Waals surface area contributed by atoms with Gasteiger partial charge in [0.05, 0.1) is 6.04 Å². The summed E-state index contributed by atoms with van der Waals surface area (Å²) in [6, 6.07) is 0.114. The molecule has 0 spiro atoms. The van der Waals surface area contributed by atoms with E-state index in [0.717, 1.165) is 31.9 Å². The van der Waals surface area contributed by atoms with Crippen molar-refractivity contribution in [2.45, 2.75) is 18.6 Å². The maximum absolute atomic E-state index is 10.5. The van der Waals surface area contributed by atoms with Gasteiger partial charge in [-0.3, -0.25) is 4.90 Å². The number of nitrogens with zero attached hydrogens (tertiary/aromatic N) is 4. The van der Waals surface area contributed by atoms with Crippen molar-refractivity contribution in [2.24, 2.45) is 7.05 Å². The molecule has 0 saturated carbocycles. The standard InChI is InChI=1S/C12H22N4O/c1-14-6-4-7-15(2)10(9-14)11(17)12-13-5-8-16(12)3/h5,8,10-11,17H,4,6-7,9H2,1-3H3. The average molecular weight is 238 g/mol. The highest BCUT2D eigenvalue weighted by molar-refractivity contribution is 5.01. The highest BCUT2D eigenvalue weighted by Gasteiger charge is 2.30. The molecular weight excluding hydrogens is 216 g/mol. The summed E-state index contributed by atoms with van der Waals surface area (Å²) in [5.74, 6) is 0.747. The van der Waals surface area contributed by atoms with Gasteiger partial charge in [0.1, 0.15) is 11.9 Å². The van der Waals surface area contributed by atoms with Gasteiger partial charge in [-0.1, -0.05) is 0 Å². The lowest BCUT2D eigenvalue weighted by molar-refractivity contribution is 0.0493. The predicted molar refractivity (Wildman–Crippen MR) is 66.7 cm³/mol. The molecule has 0 radical (unpaired) electrons. The molecular formula is C12H22N4O. The normalized spacial score (nSPS) is 25.8. The Hall–Kier alpha value is -0.910. The van der Waals surface area contributed by atoms with Gasteiger partial charge in [0.2, 0.25) is 0 Å². The zero-order valence-electron chi connectivity index (χ0n) is 10.9. The molecule has 2 atom stereocenters. The summed E-state index contributed by atoms with van der Waals surface area (Å²) in [5, 5.41) is 10.5. The van der Waals surface area contributed by atoms with Crippen LogP contribution in [-0.2, 0) is 7.05 Å². The Morgan fingerprint density at radius 1 is 1.35 bits per heavy atom. The number of imidazole rings is 1. The second-order valence-corrected chi connectivity index (χ2v) is 5.00. The molecule has 1 N–H and O–H groups in total. The summed E-state index contributed by atoms with van der Waals surface area (Å²) in [5.41, 5.74) is 0. The van der Waals surface area contributed by atoms with E-state index in [1.807, 2.05) is 17.8 Å². The van der Waals surface area contributed by atoms with Gasteiger partial charge >= 0.3 is 0 Å². The molecule has 5 nitrogen and oxygen atoms in total. The predicted octanol–water partition coefficient (Wildman–Crippen LogP) is 0.0894. The van der Waals surface area contributed by atoms with Crippen molar-refractivity contribution >= 4 is 0 Å². The summed E-state index contributed by atoms with van der Waals surface area (Å²) >= 11 is 0. The first-order valence-electron chi connectivity index (χ1n) is 6.13. The van der Waals surface area contributed by atoms with Gasteiger partial charge in [-0.15, -0.1) is 0 Å². The fourth-order valence-electron chi connectivity index (χ4n) is 2.48. The smallest absolute Gasteiger partial charge is 0.139 e. The molecule has 1 aromatic heterocycles. The molecule has 1 aliphatic rings. The molecule has 2 unspecified atom stereocenters. The summed E-state index contributed by atoms with van der Waals surface area (Å²) in [6.07, 6.45) is 4.23. The fourth-order valence-corrected chi connectivity index (χ4v) is 2.48. The Morgan fingerprint density at radius 3 is 2.76 bits per heavy atom. The number of aromatic nitrogens is 2. The summed E-state index contributed by atoms with van der Waals surface area (Å²) in [4.78, 5) is 8.77. The highest BCUT2D eigenvalue weighted by Crippen LogP contribution is 2.21. The molecule has 0 amide bonds. The minimum absolute atomic E-state index is 0.114. The minimum atomic E-state index is -0.527. The van der Waals surface area contributed by atoms with Crippen LogP contribution < -0.4 is 0 Å². The third-order valence-corrected chi connectivity index (χ3v) is 3.60. The molecule has 2 heterocycles. The van der Waals surface area contributed by atoms with Crippen molar-refractivity contribution in [3.8, 4) is 0 Å². The van der Waals surface area contributed by atoms with E-state index in [-0.39, 0.29) is 6.04 Å². The molecule has 96 valence electrons. The van der Waals surface area contributed by atoms with E-state index in [4.69, 9.17) is 0 Å². The maximum atomic E-state index is 10.5. The maximum Gasteiger partial charge on any atom is 0.139 e. The Bertz CT molecular complexity index is 365. The largest absolute Gasteiger partial charge is 0.383 e. The third-order valence-electron chi connectivity index (χ3n) is 3.60. The van der Waals surface area contributed by atoms with Crippen LogP contribution in [0, 0.1) is 0 Å². The lowest BCUT2D eigenvalue weighted by atomic mass is 10.1. The molecule has 0 aromatic carbocycles. The first kappa shape index (κ1) is 12.5. The van der Waals surface area contributed by atoms with E-state index in [2.05, 4.69) is 28.9 Å². The zero-order chi connectivity index (χ0) is 12.4. The van der Waals surface area contributed by atoms with E-state index in [1.54, 1.807) is 6.20 Å². The number of hydrogen-bond acceptors (Lipinski definition) is 4. The highest BCUT2D eigenvalue weighted by atomic mass is 16.3. The van der Waals surface area contributed by atoms with Crippen molar-refractivity contribution in [1.29, 1.82) is 0 Å². The van der Waals surface area contributed by atoms with Crippen molar-refractivity contribution in [3.63, 3.8) is 0 Å². The first-order valence-corrected chi connectivity index (χ1v) is 6.13. The van der Waals surface area contributed by atoms with Crippen LogP contribution in [0.2, 0.25) is 0 Å². The van der Waals surface area contributed by atoms with Crippen LogP contribution in [0.25, 0.3) is 0 Å². The second-order valence-electron chi connectivity index (χ2n) is 5.00. The van der Waals surface area contributed by atoms with Crippen molar-refractivity contribution in [2.75, 3.05) is 33.7 Å². The lowest BCUT2D eigenvalue weighted by Crippen LogP contribution is -2.42. The monoisotopic (exact) mass is 238 g/mol. The molecule has 1 saturated heterocycles. The number of rotatable bonds is 2. The van der Waals surface area contributed by atoms with E-state index < -0.39 is 6.10 Å². The van der Waals surface area contributed by atoms with Gasteiger partial charge in [0.25, 0.3) is 0 Å². The Balaban J connectivity index is 2.16. The molecule has 1 aliphatic heterocycles. The topological polar surface area (TPSA) is 44.5 Å². The quantitative estimate of drug-likeness (QED) is 0.793. The van der Waals surface area contributed by atoms with Gasteiger partial charge in [0, 0.05) is 26.0 Å². The van der Waals surface area contributed by atoms with Crippen molar-refractivity contribution in [3.05, 3.63) is 18.2 Å². The molecule has 0 bridgehead atoms. The molecule has 0 aliphatic carbocycles. The lowest BCUT2D eigenvalue weighted by Gasteiger charge is -2.31. The average Bonchev–Trinajstić information content (AvgIpc) is 2.63. The summed E-state index contributed by atoms with van der Waals surface area (Å²) in [6.45, 7) is 3.00. The van der Waals surface area contributed by atoms with Crippen molar-refractivity contribution in [1.82, 2.24) is 19.4 Å². The van der Waals surface area contributed by atoms with Crippen LogP contribution in [0.4, 0.5) is 0 Å². The fraction of sp³-hybridized carbons (Fsp3) is 0.750. The van der Waals surface area contributed by atoms with Gasteiger partial charge in [0.15, 0.2) is 0 Å². The molecule has 1 fully saturated rings.